The Labute approximate surface area is 164 Å². The van der Waals surface area contributed by atoms with Crippen molar-refractivity contribution in [3.05, 3.63) is 60.2 Å². The van der Waals surface area contributed by atoms with E-state index in [1.165, 1.54) is 33.5 Å². The molecule has 0 saturated carbocycles. The van der Waals surface area contributed by atoms with Crippen LogP contribution in [0.5, 0.6) is 0 Å². The molecule has 28 heavy (non-hydrogen) atoms. The molecule has 0 bridgehead atoms. The Morgan fingerprint density at radius 2 is 1.75 bits per heavy atom. The maximum absolute atomic E-state index is 13.0. The van der Waals surface area contributed by atoms with Gasteiger partial charge in [-0.05, 0) is 56.2 Å². The molecule has 3 rings (SSSR count). The molecule has 7 nitrogen and oxygen atoms in total. The summed E-state index contributed by atoms with van der Waals surface area (Å²) in [5.74, 6) is -0.841. The molecule has 2 aromatic carbocycles. The Balaban J connectivity index is 1.85. The number of nitrogens with two attached hydrogens (primary N) is 1. The number of rotatable bonds is 6. The summed E-state index contributed by atoms with van der Waals surface area (Å²) in [6, 6.07) is 14.0. The van der Waals surface area contributed by atoms with E-state index in [0.29, 0.717) is 30.6 Å². The second-order valence-electron chi connectivity index (χ2n) is 6.59. The van der Waals surface area contributed by atoms with E-state index in [4.69, 9.17) is 5.73 Å². The number of amides is 2. The predicted octanol–water partition coefficient (Wildman–Crippen LogP) is 1.99. The Morgan fingerprint density at radius 1 is 1.11 bits per heavy atom. The maximum Gasteiger partial charge on any atom is 0.264 e. The predicted molar refractivity (Wildman–Crippen MR) is 106 cm³/mol. The minimum Gasteiger partial charge on any atom is -0.368 e. The molecule has 1 fully saturated rings. The highest BCUT2D eigenvalue weighted by molar-refractivity contribution is 7.92. The molecule has 2 aromatic rings. The van der Waals surface area contributed by atoms with Crippen LogP contribution in [-0.2, 0) is 14.8 Å². The smallest absolute Gasteiger partial charge is 0.264 e. The van der Waals surface area contributed by atoms with Crippen LogP contribution in [-0.4, -0.2) is 44.3 Å². The van der Waals surface area contributed by atoms with Gasteiger partial charge in [-0.15, -0.1) is 0 Å². The minimum absolute atomic E-state index is 0.0997. The van der Waals surface area contributed by atoms with E-state index < -0.39 is 22.0 Å². The second kappa shape index (κ2) is 8.02. The fourth-order valence-corrected chi connectivity index (χ4v) is 4.93. The summed E-state index contributed by atoms with van der Waals surface area (Å²) in [6.45, 7) is 2.50. The molecule has 1 heterocycles. The van der Waals surface area contributed by atoms with E-state index in [2.05, 4.69) is 0 Å². The van der Waals surface area contributed by atoms with Gasteiger partial charge in [0.2, 0.25) is 5.91 Å². The number of nitrogens with zero attached hydrogens (tertiary/aromatic N) is 2. The molecule has 1 saturated heterocycles. The van der Waals surface area contributed by atoms with Gasteiger partial charge < -0.3 is 10.6 Å². The number of primary amides is 1. The SMILES string of the molecule is CCN(c1ccccc1)S(=O)(=O)c1ccc(C(=O)N2CCC[C@@H]2C(N)=O)cc1. The molecular formula is C20H23N3O4S. The zero-order valence-electron chi connectivity index (χ0n) is 15.6. The highest BCUT2D eigenvalue weighted by Crippen LogP contribution is 2.25. The summed E-state index contributed by atoms with van der Waals surface area (Å²) < 4.78 is 27.3. The first-order valence-corrected chi connectivity index (χ1v) is 10.6. The van der Waals surface area contributed by atoms with Crippen molar-refractivity contribution in [3.63, 3.8) is 0 Å². The van der Waals surface area contributed by atoms with Crippen LogP contribution < -0.4 is 10.0 Å². The molecular weight excluding hydrogens is 378 g/mol. The van der Waals surface area contributed by atoms with E-state index in [0.717, 1.165) is 0 Å². The van der Waals surface area contributed by atoms with Gasteiger partial charge >= 0.3 is 0 Å². The highest BCUT2D eigenvalue weighted by atomic mass is 32.2. The largest absolute Gasteiger partial charge is 0.368 e. The van der Waals surface area contributed by atoms with Gasteiger partial charge in [0.25, 0.3) is 15.9 Å². The maximum atomic E-state index is 13.0. The number of hydrogen-bond donors (Lipinski definition) is 1. The number of carbonyl (C=O) groups is 2. The van der Waals surface area contributed by atoms with Gasteiger partial charge in [0.05, 0.1) is 10.6 Å². The number of benzene rings is 2. The zero-order valence-corrected chi connectivity index (χ0v) is 16.4. The third-order valence-electron chi connectivity index (χ3n) is 4.86. The van der Waals surface area contributed by atoms with Crippen LogP contribution in [0.1, 0.15) is 30.1 Å². The number of hydrogen-bond acceptors (Lipinski definition) is 4. The molecule has 0 aromatic heterocycles. The van der Waals surface area contributed by atoms with Crippen LogP contribution in [0.15, 0.2) is 59.5 Å². The number of sulfonamides is 1. The third-order valence-corrected chi connectivity index (χ3v) is 6.78. The lowest BCUT2D eigenvalue weighted by atomic mass is 10.1. The van der Waals surface area contributed by atoms with Crippen molar-refractivity contribution in [1.29, 1.82) is 0 Å². The van der Waals surface area contributed by atoms with Gasteiger partial charge in [0.15, 0.2) is 0 Å². The van der Waals surface area contributed by atoms with Crippen LogP contribution in [0, 0.1) is 0 Å². The lowest BCUT2D eigenvalue weighted by molar-refractivity contribution is -0.121. The van der Waals surface area contributed by atoms with E-state index in [1.54, 1.807) is 31.2 Å². The number of carbonyl (C=O) groups excluding carboxylic acids is 2. The summed E-state index contributed by atoms with van der Waals surface area (Å²) in [6.07, 6.45) is 1.27. The second-order valence-corrected chi connectivity index (χ2v) is 8.45. The van der Waals surface area contributed by atoms with E-state index in [9.17, 15) is 18.0 Å². The van der Waals surface area contributed by atoms with Crippen molar-refractivity contribution in [2.24, 2.45) is 5.73 Å². The summed E-state index contributed by atoms with van der Waals surface area (Å²) in [4.78, 5) is 25.8. The van der Waals surface area contributed by atoms with Crippen molar-refractivity contribution in [2.75, 3.05) is 17.4 Å². The molecule has 0 spiro atoms. The monoisotopic (exact) mass is 401 g/mol. The van der Waals surface area contributed by atoms with Gasteiger partial charge in [0.1, 0.15) is 6.04 Å². The van der Waals surface area contributed by atoms with Crippen LogP contribution in [0.25, 0.3) is 0 Å². The fourth-order valence-electron chi connectivity index (χ4n) is 3.45. The molecule has 2 amide bonds. The van der Waals surface area contributed by atoms with Gasteiger partial charge in [-0.1, -0.05) is 18.2 Å². The van der Waals surface area contributed by atoms with E-state index in [-0.39, 0.29) is 17.3 Å². The topological polar surface area (TPSA) is 101 Å². The summed E-state index contributed by atoms with van der Waals surface area (Å²) in [7, 11) is -3.76. The van der Waals surface area contributed by atoms with Gasteiger partial charge in [-0.2, -0.15) is 0 Å². The van der Waals surface area contributed by atoms with Crippen molar-refractivity contribution >= 4 is 27.5 Å². The Kier molecular flexibility index (Phi) is 5.69. The van der Waals surface area contributed by atoms with Crippen LogP contribution >= 0.6 is 0 Å². The minimum atomic E-state index is -3.76. The summed E-state index contributed by atoms with van der Waals surface area (Å²) >= 11 is 0. The molecule has 1 aliphatic rings. The Bertz CT molecular complexity index is 959. The summed E-state index contributed by atoms with van der Waals surface area (Å²) in [5, 5.41) is 0. The van der Waals surface area contributed by atoms with Crippen molar-refractivity contribution in [1.82, 2.24) is 4.90 Å². The Morgan fingerprint density at radius 3 is 2.32 bits per heavy atom. The summed E-state index contributed by atoms with van der Waals surface area (Å²) in [5.41, 5.74) is 6.28. The van der Waals surface area contributed by atoms with Crippen LogP contribution in [0.3, 0.4) is 0 Å². The molecule has 148 valence electrons. The molecule has 8 heteroatoms. The quantitative estimate of drug-likeness (QED) is 0.800. The van der Waals surface area contributed by atoms with Crippen molar-refractivity contribution in [3.8, 4) is 0 Å². The van der Waals surface area contributed by atoms with Crippen LogP contribution in [0.2, 0.25) is 0 Å². The molecule has 1 aliphatic heterocycles. The van der Waals surface area contributed by atoms with Crippen LogP contribution in [0.4, 0.5) is 5.69 Å². The van der Waals surface area contributed by atoms with E-state index in [1.807, 2.05) is 6.07 Å². The molecule has 1 atom stereocenters. The third kappa shape index (κ3) is 3.73. The van der Waals surface area contributed by atoms with E-state index >= 15 is 0 Å². The highest BCUT2D eigenvalue weighted by Gasteiger charge is 2.33. The standard InChI is InChI=1S/C20H23N3O4S/c1-2-23(16-7-4-3-5-8-16)28(26,27)17-12-10-15(11-13-17)20(25)22-14-6-9-18(22)19(21)24/h3-5,7-8,10-13,18H,2,6,9,14H2,1H3,(H2,21,24)/t18-/m1/s1. The number of likely N-dealkylation sites (tertiary alicyclic amines) is 1. The fraction of sp³-hybridized carbons (Fsp3) is 0.300. The van der Waals surface area contributed by atoms with Crippen molar-refractivity contribution < 1.29 is 18.0 Å². The first kappa shape index (κ1) is 19.9. The molecule has 0 aliphatic carbocycles. The van der Waals surface area contributed by atoms with Gasteiger partial charge in [-0.3, -0.25) is 13.9 Å². The molecule has 2 N–H and O–H groups in total. The number of anilines is 1. The average Bonchev–Trinajstić information content (AvgIpc) is 3.19. The van der Waals surface area contributed by atoms with Gasteiger partial charge in [0, 0.05) is 18.7 Å². The van der Waals surface area contributed by atoms with Crippen molar-refractivity contribution in [2.45, 2.75) is 30.7 Å². The first-order chi connectivity index (χ1) is 13.4. The lowest BCUT2D eigenvalue weighted by Crippen LogP contribution is -2.43. The number of para-hydroxylation sites is 1. The molecule has 0 radical (unpaired) electrons. The normalized spacial score (nSPS) is 16.8. The average molecular weight is 401 g/mol. The first-order valence-electron chi connectivity index (χ1n) is 9.14. The van der Waals surface area contributed by atoms with Gasteiger partial charge in [-0.25, -0.2) is 8.42 Å². The Hall–Kier alpha value is -2.87. The lowest BCUT2D eigenvalue weighted by Gasteiger charge is -2.24. The molecule has 0 unspecified atom stereocenters. The zero-order chi connectivity index (χ0) is 20.3.